The van der Waals surface area contributed by atoms with Crippen LogP contribution >= 0.6 is 0 Å². The van der Waals surface area contributed by atoms with E-state index in [2.05, 4.69) is 48.0 Å². The fourth-order valence-corrected chi connectivity index (χ4v) is 3.37. The summed E-state index contributed by atoms with van der Waals surface area (Å²) in [5.74, 6) is 0.534. The molecule has 0 N–H and O–H groups in total. The molecule has 0 aliphatic carbocycles. The van der Waals surface area contributed by atoms with E-state index in [-0.39, 0.29) is 11.7 Å². The van der Waals surface area contributed by atoms with Crippen LogP contribution in [0, 0.1) is 10.1 Å². The highest BCUT2D eigenvalue weighted by Crippen LogP contribution is 2.19. The molecule has 2 aromatic rings. The van der Waals surface area contributed by atoms with E-state index in [1.807, 2.05) is 4.90 Å². The molecule has 0 unspecified atom stereocenters. The fraction of sp³-hybridized carbons (Fsp3) is 0.429. The van der Waals surface area contributed by atoms with Gasteiger partial charge in [-0.2, -0.15) is 0 Å². The topological polar surface area (TPSA) is 79.6 Å². The molecule has 1 aromatic carbocycles. The molecule has 148 valence electrons. The molecule has 2 heterocycles. The molecular formula is C21H26N4O3. The minimum Gasteiger partial charge on any atom is -0.365 e. The zero-order chi connectivity index (χ0) is 20.1. The van der Waals surface area contributed by atoms with E-state index in [9.17, 15) is 14.9 Å². The predicted octanol–water partition coefficient (Wildman–Crippen LogP) is 3.39. The summed E-state index contributed by atoms with van der Waals surface area (Å²) in [6, 6.07) is 11.6. The highest BCUT2D eigenvalue weighted by Gasteiger charge is 2.22. The number of rotatable bonds is 6. The van der Waals surface area contributed by atoms with Crippen LogP contribution in [-0.4, -0.2) is 46.9 Å². The number of carbonyl (C=O) groups is 1. The molecule has 1 aliphatic rings. The lowest BCUT2D eigenvalue weighted by molar-refractivity contribution is -0.389. The molecule has 1 fully saturated rings. The van der Waals surface area contributed by atoms with Gasteiger partial charge in [0, 0.05) is 38.7 Å². The van der Waals surface area contributed by atoms with Gasteiger partial charge in [-0.05, 0) is 39.4 Å². The second-order valence-corrected chi connectivity index (χ2v) is 7.40. The van der Waals surface area contributed by atoms with Gasteiger partial charge in [-0.1, -0.05) is 38.1 Å². The van der Waals surface area contributed by atoms with Crippen molar-refractivity contribution in [1.29, 1.82) is 0 Å². The number of aryl methyl sites for hydroxylation is 1. The molecule has 0 spiro atoms. The van der Waals surface area contributed by atoms with Gasteiger partial charge in [0.2, 0.25) is 5.91 Å². The summed E-state index contributed by atoms with van der Waals surface area (Å²) in [4.78, 5) is 30.6. The Kier molecular flexibility index (Phi) is 6.23. The summed E-state index contributed by atoms with van der Waals surface area (Å²) in [5.41, 5.74) is 3.35. The van der Waals surface area contributed by atoms with Crippen LogP contribution in [0.4, 0.5) is 11.5 Å². The molecule has 1 saturated heterocycles. The molecule has 1 aliphatic heterocycles. The number of nitro groups is 1. The van der Waals surface area contributed by atoms with Gasteiger partial charge in [0.05, 0.1) is 5.69 Å². The molecule has 1 amide bonds. The third kappa shape index (κ3) is 4.85. The molecule has 3 rings (SSSR count). The zero-order valence-electron chi connectivity index (χ0n) is 16.4. The Labute approximate surface area is 165 Å². The van der Waals surface area contributed by atoms with E-state index in [1.165, 1.54) is 23.4 Å². The van der Waals surface area contributed by atoms with Crippen molar-refractivity contribution in [2.45, 2.75) is 32.6 Å². The van der Waals surface area contributed by atoms with Gasteiger partial charge >= 0.3 is 5.82 Å². The first-order valence-electron chi connectivity index (χ1n) is 9.66. The first kappa shape index (κ1) is 19.8. The van der Waals surface area contributed by atoms with Gasteiger partial charge in [-0.3, -0.25) is 4.79 Å². The minimum atomic E-state index is -0.503. The molecule has 28 heavy (non-hydrogen) atoms. The summed E-state index contributed by atoms with van der Waals surface area (Å²) >= 11 is 0. The average Bonchev–Trinajstić information content (AvgIpc) is 2.72. The number of aromatic nitrogens is 1. The Balaban J connectivity index is 1.47. The van der Waals surface area contributed by atoms with Crippen molar-refractivity contribution >= 4 is 17.4 Å². The molecule has 0 radical (unpaired) electrons. The average molecular weight is 382 g/mol. The first-order valence-corrected chi connectivity index (χ1v) is 9.66. The molecule has 7 heteroatoms. The number of hydrogen-bond donors (Lipinski definition) is 0. The van der Waals surface area contributed by atoms with Crippen LogP contribution < -0.4 is 4.90 Å². The molecular weight excluding hydrogens is 356 g/mol. The van der Waals surface area contributed by atoms with Gasteiger partial charge in [-0.25, -0.2) is 0 Å². The van der Waals surface area contributed by atoms with E-state index < -0.39 is 4.92 Å². The van der Waals surface area contributed by atoms with E-state index in [1.54, 1.807) is 6.07 Å². The smallest absolute Gasteiger partial charge is 0.363 e. The van der Waals surface area contributed by atoms with E-state index >= 15 is 0 Å². The van der Waals surface area contributed by atoms with Crippen LogP contribution in [0.5, 0.6) is 0 Å². The summed E-state index contributed by atoms with van der Waals surface area (Å²) < 4.78 is 0. The maximum atomic E-state index is 12.5. The van der Waals surface area contributed by atoms with Crippen LogP contribution in [0.25, 0.3) is 0 Å². The number of anilines is 1. The highest BCUT2D eigenvalue weighted by atomic mass is 16.6. The second-order valence-electron chi connectivity index (χ2n) is 7.40. The van der Waals surface area contributed by atoms with Crippen molar-refractivity contribution in [2.75, 3.05) is 31.1 Å². The number of hydrogen-bond acceptors (Lipinski definition) is 5. The van der Waals surface area contributed by atoms with Crippen molar-refractivity contribution in [3.05, 3.63) is 63.8 Å². The summed E-state index contributed by atoms with van der Waals surface area (Å²) in [6.07, 6.45) is 2.79. The van der Waals surface area contributed by atoms with Crippen LogP contribution in [0.2, 0.25) is 0 Å². The number of carbonyl (C=O) groups excluding carboxylic acids is 1. The Morgan fingerprint density at radius 3 is 2.32 bits per heavy atom. The standard InChI is InChI=1S/C21H26N4O3/c1-16(2)18-6-3-17(4-7-18)5-10-21(26)24-13-11-23(12-14-24)19-8-9-20(22-15-19)25(27)28/h3-4,6-9,15-16H,5,10-14H2,1-2H3. The lowest BCUT2D eigenvalue weighted by atomic mass is 10.00. The summed E-state index contributed by atoms with van der Waals surface area (Å²) in [7, 11) is 0. The number of pyridine rings is 1. The van der Waals surface area contributed by atoms with Crippen molar-refractivity contribution in [3.63, 3.8) is 0 Å². The lowest BCUT2D eigenvalue weighted by Crippen LogP contribution is -2.48. The van der Waals surface area contributed by atoms with E-state index in [0.717, 1.165) is 12.1 Å². The van der Waals surface area contributed by atoms with Crippen molar-refractivity contribution < 1.29 is 9.72 Å². The Bertz CT molecular complexity index is 811. The Hall–Kier alpha value is -2.96. The Morgan fingerprint density at radius 2 is 1.79 bits per heavy atom. The second kappa shape index (κ2) is 8.82. The SMILES string of the molecule is CC(C)c1ccc(CCC(=O)N2CCN(c3ccc([N+](=O)[O-])nc3)CC2)cc1. The monoisotopic (exact) mass is 382 g/mol. The fourth-order valence-electron chi connectivity index (χ4n) is 3.37. The summed E-state index contributed by atoms with van der Waals surface area (Å²) in [5, 5.41) is 10.7. The third-order valence-electron chi connectivity index (χ3n) is 5.19. The lowest BCUT2D eigenvalue weighted by Gasteiger charge is -2.35. The number of piperazine rings is 1. The zero-order valence-corrected chi connectivity index (χ0v) is 16.4. The van der Waals surface area contributed by atoms with Gasteiger partial charge in [0.15, 0.2) is 6.20 Å². The third-order valence-corrected chi connectivity index (χ3v) is 5.19. The van der Waals surface area contributed by atoms with Crippen molar-refractivity contribution in [3.8, 4) is 0 Å². The normalized spacial score (nSPS) is 14.4. The predicted molar refractivity (Wildman–Crippen MR) is 109 cm³/mol. The number of amides is 1. The van der Waals surface area contributed by atoms with E-state index in [0.29, 0.717) is 38.5 Å². The molecule has 7 nitrogen and oxygen atoms in total. The number of benzene rings is 1. The van der Waals surface area contributed by atoms with Crippen LogP contribution in [0.3, 0.4) is 0 Å². The molecule has 0 bridgehead atoms. The van der Waals surface area contributed by atoms with Gasteiger partial charge in [0.1, 0.15) is 0 Å². The quantitative estimate of drug-likeness (QED) is 0.565. The van der Waals surface area contributed by atoms with Crippen LogP contribution in [0.15, 0.2) is 42.6 Å². The van der Waals surface area contributed by atoms with Crippen LogP contribution in [0.1, 0.15) is 37.3 Å². The van der Waals surface area contributed by atoms with Gasteiger partial charge < -0.3 is 19.9 Å². The maximum absolute atomic E-state index is 12.5. The first-order chi connectivity index (χ1) is 13.4. The highest BCUT2D eigenvalue weighted by molar-refractivity contribution is 5.76. The maximum Gasteiger partial charge on any atom is 0.363 e. The summed E-state index contributed by atoms with van der Waals surface area (Å²) in [6.45, 7) is 7.06. The largest absolute Gasteiger partial charge is 0.365 e. The van der Waals surface area contributed by atoms with E-state index in [4.69, 9.17) is 0 Å². The van der Waals surface area contributed by atoms with Crippen LogP contribution in [-0.2, 0) is 11.2 Å². The molecule has 1 aromatic heterocycles. The Morgan fingerprint density at radius 1 is 1.11 bits per heavy atom. The van der Waals surface area contributed by atoms with Gasteiger partial charge in [-0.15, -0.1) is 0 Å². The minimum absolute atomic E-state index is 0.154. The number of nitrogens with zero attached hydrogens (tertiary/aromatic N) is 4. The molecule has 0 atom stereocenters. The van der Waals surface area contributed by atoms with Crippen molar-refractivity contribution in [1.82, 2.24) is 9.88 Å². The van der Waals surface area contributed by atoms with Crippen molar-refractivity contribution in [2.24, 2.45) is 0 Å². The van der Waals surface area contributed by atoms with Gasteiger partial charge in [0.25, 0.3) is 0 Å². The molecule has 0 saturated carbocycles.